The van der Waals surface area contributed by atoms with Gasteiger partial charge in [0.05, 0.1) is 17.8 Å². The Balaban J connectivity index is 1.29. The van der Waals surface area contributed by atoms with Crippen LogP contribution in [-0.4, -0.2) is 33.4 Å². The number of halogens is 1. The lowest BCUT2D eigenvalue weighted by Crippen LogP contribution is -2.38. The number of hydrogen-bond donors (Lipinski definition) is 2. The molecule has 0 saturated heterocycles. The summed E-state index contributed by atoms with van der Waals surface area (Å²) in [5.41, 5.74) is 1.39. The number of fused-ring (bicyclic) bond motifs is 2. The highest BCUT2D eigenvalue weighted by molar-refractivity contribution is 6.30. The predicted octanol–water partition coefficient (Wildman–Crippen LogP) is 3.43. The van der Waals surface area contributed by atoms with Crippen molar-refractivity contribution in [2.45, 2.75) is 31.3 Å². The highest BCUT2D eigenvalue weighted by atomic mass is 35.5. The van der Waals surface area contributed by atoms with Crippen LogP contribution in [0.1, 0.15) is 35.7 Å². The van der Waals surface area contributed by atoms with Crippen molar-refractivity contribution < 1.29 is 9.90 Å². The second-order valence-electron chi connectivity index (χ2n) is 8.60. The van der Waals surface area contributed by atoms with E-state index in [-0.39, 0.29) is 30.0 Å². The van der Waals surface area contributed by atoms with E-state index in [1.165, 1.54) is 6.20 Å². The van der Waals surface area contributed by atoms with E-state index in [9.17, 15) is 14.7 Å². The van der Waals surface area contributed by atoms with Gasteiger partial charge >= 0.3 is 0 Å². The Hall–Kier alpha value is -2.70. The van der Waals surface area contributed by atoms with Crippen LogP contribution in [0.25, 0.3) is 10.9 Å². The van der Waals surface area contributed by atoms with Crippen molar-refractivity contribution in [2.24, 2.45) is 17.8 Å². The van der Waals surface area contributed by atoms with Gasteiger partial charge in [-0.2, -0.15) is 5.10 Å². The van der Waals surface area contributed by atoms with Crippen molar-refractivity contribution in [1.82, 2.24) is 15.1 Å². The smallest absolute Gasteiger partial charge is 0.251 e. The molecule has 1 unspecified atom stereocenters. The maximum absolute atomic E-state index is 12.7. The molecule has 1 heterocycles. The molecule has 6 nitrogen and oxygen atoms in total. The Morgan fingerprint density at radius 3 is 2.58 bits per heavy atom. The quantitative estimate of drug-likeness (QED) is 0.618. The number of aliphatic hydroxyl groups excluding tert-OH is 1. The van der Waals surface area contributed by atoms with Gasteiger partial charge in [-0.1, -0.05) is 23.7 Å². The Morgan fingerprint density at radius 1 is 1.16 bits per heavy atom. The van der Waals surface area contributed by atoms with E-state index >= 15 is 0 Å². The number of carbonyl (C=O) groups excluding carboxylic acids is 1. The minimum Gasteiger partial charge on any atom is -0.396 e. The highest BCUT2D eigenvalue weighted by Gasteiger charge is 2.59. The average molecular weight is 438 g/mol. The fraction of sp³-hybridized carbons (Fsp3) is 0.375. The van der Waals surface area contributed by atoms with Gasteiger partial charge in [0.15, 0.2) is 0 Å². The van der Waals surface area contributed by atoms with E-state index in [0.29, 0.717) is 40.1 Å². The minimum absolute atomic E-state index is 0.0385. The van der Waals surface area contributed by atoms with Crippen LogP contribution in [0.2, 0.25) is 5.02 Å². The summed E-state index contributed by atoms with van der Waals surface area (Å²) in [6, 6.07) is 14.6. The molecular weight excluding hydrogens is 414 g/mol. The molecule has 2 aliphatic rings. The number of nitrogens with one attached hydrogen (secondary N) is 1. The average Bonchev–Trinajstić information content (AvgIpc) is 3.27. The fourth-order valence-electron chi connectivity index (χ4n) is 5.43. The van der Waals surface area contributed by atoms with Crippen LogP contribution in [0.3, 0.4) is 0 Å². The lowest BCUT2D eigenvalue weighted by molar-refractivity contribution is 0.0919. The first-order valence-electron chi connectivity index (χ1n) is 10.7. The number of nitrogens with zero attached hydrogens (tertiary/aromatic N) is 2. The molecule has 0 radical (unpaired) electrons. The molecule has 5 atom stereocenters. The number of amides is 1. The lowest BCUT2D eigenvalue weighted by atomic mass is 9.98. The maximum atomic E-state index is 12.7. The Labute approximate surface area is 184 Å². The maximum Gasteiger partial charge on any atom is 0.251 e. The Bertz CT molecular complexity index is 1160. The SMILES string of the molecule is O=C(NC(CCO)[C@H]1[C@@H]2C[C@@H](n3ncc(=O)c4ccccc43)C[C@@H]21)c1ccc(Cl)cc1. The second kappa shape index (κ2) is 8.09. The first-order chi connectivity index (χ1) is 15.1. The zero-order valence-electron chi connectivity index (χ0n) is 16.9. The molecule has 1 aromatic heterocycles. The van der Waals surface area contributed by atoms with E-state index < -0.39 is 0 Å². The molecule has 2 aromatic carbocycles. The zero-order chi connectivity index (χ0) is 21.5. The fourth-order valence-corrected chi connectivity index (χ4v) is 5.56. The number of rotatable bonds is 6. The summed E-state index contributed by atoms with van der Waals surface area (Å²) in [4.78, 5) is 24.8. The minimum atomic E-state index is -0.135. The molecule has 0 aliphatic heterocycles. The third-order valence-electron chi connectivity index (χ3n) is 6.88. The van der Waals surface area contributed by atoms with Gasteiger partial charge in [-0.05, 0) is 73.4 Å². The monoisotopic (exact) mass is 437 g/mol. The van der Waals surface area contributed by atoms with Gasteiger partial charge in [0.2, 0.25) is 5.43 Å². The van der Waals surface area contributed by atoms with Crippen LogP contribution in [0, 0.1) is 17.8 Å². The normalized spacial score (nSPS) is 25.2. The topological polar surface area (TPSA) is 84.2 Å². The number of hydrogen-bond acceptors (Lipinski definition) is 4. The standard InChI is InChI=1S/C24H24ClN3O3/c25-15-7-5-14(6-8-15)24(31)27-20(9-10-29)23-18-11-16(12-19(18)23)28-21-4-2-1-3-17(21)22(30)13-26-28/h1-8,13,16,18-20,23,29H,9-12H2,(H,27,31)/t16-,18-,19+,20?,23+. The molecule has 2 fully saturated rings. The van der Waals surface area contributed by atoms with Gasteiger partial charge in [0.25, 0.3) is 5.91 Å². The molecule has 3 aromatic rings. The number of benzene rings is 2. The number of carbonyl (C=O) groups is 1. The Morgan fingerprint density at radius 2 is 1.87 bits per heavy atom. The molecule has 0 bridgehead atoms. The number of aromatic nitrogens is 2. The summed E-state index contributed by atoms with van der Waals surface area (Å²) in [6.45, 7) is 0.0385. The van der Waals surface area contributed by atoms with Crippen molar-refractivity contribution in [3.63, 3.8) is 0 Å². The summed E-state index contributed by atoms with van der Waals surface area (Å²) in [6.07, 6.45) is 3.88. The van der Waals surface area contributed by atoms with Crippen LogP contribution in [0.5, 0.6) is 0 Å². The zero-order valence-corrected chi connectivity index (χ0v) is 17.7. The molecule has 2 N–H and O–H groups in total. The van der Waals surface area contributed by atoms with E-state index in [4.69, 9.17) is 11.6 Å². The third kappa shape index (κ3) is 3.75. The van der Waals surface area contributed by atoms with Crippen molar-refractivity contribution in [1.29, 1.82) is 0 Å². The van der Waals surface area contributed by atoms with Crippen LogP contribution in [0.15, 0.2) is 59.5 Å². The highest BCUT2D eigenvalue weighted by Crippen LogP contribution is 2.62. The van der Waals surface area contributed by atoms with Crippen LogP contribution in [-0.2, 0) is 0 Å². The molecule has 31 heavy (non-hydrogen) atoms. The number of aliphatic hydroxyl groups is 1. The Kier molecular flexibility index (Phi) is 5.28. The van der Waals surface area contributed by atoms with Gasteiger partial charge in [0.1, 0.15) is 0 Å². The molecule has 160 valence electrons. The lowest BCUT2D eigenvalue weighted by Gasteiger charge is -2.23. The van der Waals surface area contributed by atoms with E-state index in [2.05, 4.69) is 10.4 Å². The summed E-state index contributed by atoms with van der Waals surface area (Å²) in [7, 11) is 0. The van der Waals surface area contributed by atoms with E-state index in [1.54, 1.807) is 24.3 Å². The van der Waals surface area contributed by atoms with Crippen LogP contribution in [0.4, 0.5) is 0 Å². The molecule has 5 rings (SSSR count). The predicted molar refractivity (Wildman–Crippen MR) is 119 cm³/mol. The molecule has 1 amide bonds. The van der Waals surface area contributed by atoms with Gasteiger partial charge in [0, 0.05) is 28.6 Å². The summed E-state index contributed by atoms with van der Waals surface area (Å²) in [5, 5.41) is 18.4. The first kappa shape index (κ1) is 20.2. The molecular formula is C24H24ClN3O3. The van der Waals surface area contributed by atoms with Crippen molar-refractivity contribution >= 4 is 28.4 Å². The summed E-state index contributed by atoms with van der Waals surface area (Å²) < 4.78 is 1.99. The van der Waals surface area contributed by atoms with Gasteiger partial charge in [-0.15, -0.1) is 0 Å². The van der Waals surface area contributed by atoms with Crippen molar-refractivity contribution in [3.05, 3.63) is 75.5 Å². The largest absolute Gasteiger partial charge is 0.396 e. The number of para-hydroxylation sites is 1. The van der Waals surface area contributed by atoms with Crippen LogP contribution < -0.4 is 10.7 Å². The van der Waals surface area contributed by atoms with E-state index in [0.717, 1.165) is 18.4 Å². The van der Waals surface area contributed by atoms with Gasteiger partial charge < -0.3 is 10.4 Å². The van der Waals surface area contributed by atoms with E-state index in [1.807, 2.05) is 28.9 Å². The molecule has 2 saturated carbocycles. The van der Waals surface area contributed by atoms with Gasteiger partial charge in [-0.3, -0.25) is 14.3 Å². The molecule has 7 heteroatoms. The summed E-state index contributed by atoms with van der Waals surface area (Å²) in [5.74, 6) is 1.22. The third-order valence-corrected chi connectivity index (χ3v) is 7.13. The second-order valence-corrected chi connectivity index (χ2v) is 9.04. The van der Waals surface area contributed by atoms with Crippen LogP contribution >= 0.6 is 11.6 Å². The molecule has 0 spiro atoms. The molecule has 2 aliphatic carbocycles. The summed E-state index contributed by atoms with van der Waals surface area (Å²) >= 11 is 5.92. The van der Waals surface area contributed by atoms with Crippen molar-refractivity contribution in [3.8, 4) is 0 Å². The van der Waals surface area contributed by atoms with Gasteiger partial charge in [-0.25, -0.2) is 0 Å². The first-order valence-corrected chi connectivity index (χ1v) is 11.1. The van der Waals surface area contributed by atoms with Crippen molar-refractivity contribution in [2.75, 3.05) is 6.61 Å².